The number of rotatable bonds is 4. The van der Waals surface area contributed by atoms with Crippen LogP contribution in [-0.2, 0) is 15.8 Å². The van der Waals surface area contributed by atoms with E-state index in [0.29, 0.717) is 4.90 Å². The van der Waals surface area contributed by atoms with Crippen LogP contribution in [-0.4, -0.2) is 33.2 Å². The summed E-state index contributed by atoms with van der Waals surface area (Å²) < 4.78 is 13.5. The highest BCUT2D eigenvalue weighted by molar-refractivity contribution is 7.82. The lowest BCUT2D eigenvalue weighted by Crippen LogP contribution is -2.28. The SMILES string of the molecule is Cc1cc(C)c(S(=O)N(C)CC(=O)O)c(C)c1. The van der Waals surface area contributed by atoms with Crippen molar-refractivity contribution < 1.29 is 14.1 Å². The third kappa shape index (κ3) is 3.38. The molecule has 0 heterocycles. The summed E-state index contributed by atoms with van der Waals surface area (Å²) in [4.78, 5) is 11.3. The van der Waals surface area contributed by atoms with E-state index in [0.717, 1.165) is 16.7 Å². The van der Waals surface area contributed by atoms with E-state index in [9.17, 15) is 9.00 Å². The van der Waals surface area contributed by atoms with Gasteiger partial charge in [-0.15, -0.1) is 0 Å². The van der Waals surface area contributed by atoms with Gasteiger partial charge in [-0.1, -0.05) is 17.7 Å². The Morgan fingerprint density at radius 2 is 1.76 bits per heavy atom. The van der Waals surface area contributed by atoms with Crippen LogP contribution >= 0.6 is 0 Å². The summed E-state index contributed by atoms with van der Waals surface area (Å²) in [7, 11) is 0.117. The molecule has 0 aliphatic heterocycles. The van der Waals surface area contributed by atoms with Gasteiger partial charge in [0.15, 0.2) is 0 Å². The molecule has 5 heteroatoms. The first kappa shape index (κ1) is 13.9. The Morgan fingerprint density at radius 3 is 2.18 bits per heavy atom. The summed E-state index contributed by atoms with van der Waals surface area (Å²) in [5.74, 6) is -0.983. The van der Waals surface area contributed by atoms with Crippen molar-refractivity contribution in [3.63, 3.8) is 0 Å². The van der Waals surface area contributed by atoms with Crippen LogP contribution in [0.3, 0.4) is 0 Å². The summed E-state index contributed by atoms with van der Waals surface area (Å²) in [6, 6.07) is 3.91. The quantitative estimate of drug-likeness (QED) is 0.890. The molecule has 0 spiro atoms. The largest absolute Gasteiger partial charge is 0.480 e. The molecule has 17 heavy (non-hydrogen) atoms. The van der Waals surface area contributed by atoms with Crippen molar-refractivity contribution in [1.82, 2.24) is 4.31 Å². The van der Waals surface area contributed by atoms with E-state index in [1.165, 1.54) is 4.31 Å². The lowest BCUT2D eigenvalue weighted by Gasteiger charge is -2.17. The minimum absolute atomic E-state index is 0.237. The minimum atomic E-state index is -1.43. The molecule has 1 atom stereocenters. The number of aryl methyl sites for hydroxylation is 3. The van der Waals surface area contributed by atoms with Gasteiger partial charge in [0.1, 0.15) is 17.5 Å². The van der Waals surface area contributed by atoms with Gasteiger partial charge in [0.05, 0.1) is 4.90 Å². The Morgan fingerprint density at radius 1 is 1.29 bits per heavy atom. The predicted octanol–water partition coefficient (Wildman–Crippen LogP) is 1.65. The molecule has 1 aromatic rings. The minimum Gasteiger partial charge on any atom is -0.480 e. The van der Waals surface area contributed by atoms with Gasteiger partial charge in [-0.05, 0) is 31.9 Å². The van der Waals surface area contributed by atoms with Gasteiger partial charge in [-0.3, -0.25) is 4.79 Å². The van der Waals surface area contributed by atoms with Crippen LogP contribution in [0.15, 0.2) is 17.0 Å². The fraction of sp³-hybridized carbons (Fsp3) is 0.417. The number of hydrogen-bond donors (Lipinski definition) is 1. The molecule has 1 N–H and O–H groups in total. The van der Waals surface area contributed by atoms with Crippen molar-refractivity contribution >= 4 is 17.0 Å². The second-order valence-electron chi connectivity index (χ2n) is 4.16. The highest BCUT2D eigenvalue weighted by Gasteiger charge is 2.17. The highest BCUT2D eigenvalue weighted by atomic mass is 32.2. The molecule has 0 bridgehead atoms. The van der Waals surface area contributed by atoms with Gasteiger partial charge in [0.25, 0.3) is 0 Å². The van der Waals surface area contributed by atoms with E-state index >= 15 is 0 Å². The maximum atomic E-state index is 12.2. The number of aliphatic carboxylic acids is 1. The average Bonchev–Trinajstić information content (AvgIpc) is 2.14. The molecule has 94 valence electrons. The van der Waals surface area contributed by atoms with E-state index < -0.39 is 17.0 Å². The van der Waals surface area contributed by atoms with E-state index in [1.54, 1.807) is 7.05 Å². The zero-order chi connectivity index (χ0) is 13.2. The van der Waals surface area contributed by atoms with Gasteiger partial charge in [0.2, 0.25) is 0 Å². The molecule has 0 fully saturated rings. The molecule has 4 nitrogen and oxygen atoms in total. The summed E-state index contributed by atoms with van der Waals surface area (Å²) >= 11 is 0. The maximum absolute atomic E-state index is 12.2. The van der Waals surface area contributed by atoms with E-state index in [2.05, 4.69) is 0 Å². The first-order valence-corrected chi connectivity index (χ1v) is 6.36. The lowest BCUT2D eigenvalue weighted by molar-refractivity contribution is -0.136. The smallest absolute Gasteiger partial charge is 0.318 e. The first-order valence-electron chi connectivity index (χ1n) is 5.25. The molecular weight excluding hydrogens is 238 g/mol. The van der Waals surface area contributed by atoms with Crippen LogP contribution in [0.25, 0.3) is 0 Å². The Hall–Kier alpha value is -1.20. The Bertz CT molecular complexity index is 448. The number of carboxylic acids is 1. The summed E-state index contributed by atoms with van der Waals surface area (Å²) in [6.45, 7) is 5.52. The molecule has 0 aromatic heterocycles. The number of hydrogen-bond acceptors (Lipinski definition) is 2. The van der Waals surface area contributed by atoms with Crippen molar-refractivity contribution in [3.05, 3.63) is 28.8 Å². The molecule has 0 amide bonds. The van der Waals surface area contributed by atoms with Gasteiger partial charge in [-0.25, -0.2) is 8.51 Å². The Balaban J connectivity index is 3.08. The summed E-state index contributed by atoms with van der Waals surface area (Å²) in [5, 5.41) is 8.69. The number of nitrogens with zero attached hydrogens (tertiary/aromatic N) is 1. The van der Waals surface area contributed by atoms with Crippen LogP contribution in [0.5, 0.6) is 0 Å². The summed E-state index contributed by atoms with van der Waals surface area (Å²) in [5.41, 5.74) is 2.97. The molecule has 0 saturated heterocycles. The van der Waals surface area contributed by atoms with Crippen LogP contribution in [0.4, 0.5) is 0 Å². The monoisotopic (exact) mass is 255 g/mol. The molecule has 0 saturated carbocycles. The second-order valence-corrected chi connectivity index (χ2v) is 5.69. The predicted molar refractivity (Wildman–Crippen MR) is 67.3 cm³/mol. The summed E-state index contributed by atoms with van der Waals surface area (Å²) in [6.07, 6.45) is 0. The van der Waals surface area contributed by atoms with Crippen molar-refractivity contribution in [2.24, 2.45) is 0 Å². The third-order valence-electron chi connectivity index (χ3n) is 2.42. The molecular formula is C12H17NO3S. The normalized spacial score (nSPS) is 12.8. The van der Waals surface area contributed by atoms with Crippen LogP contribution in [0, 0.1) is 20.8 Å². The van der Waals surface area contributed by atoms with Crippen molar-refractivity contribution in [2.75, 3.05) is 13.6 Å². The van der Waals surface area contributed by atoms with Crippen molar-refractivity contribution in [2.45, 2.75) is 25.7 Å². The number of carbonyl (C=O) groups is 1. The molecule has 0 radical (unpaired) electrons. The molecule has 1 unspecified atom stereocenters. The van der Waals surface area contributed by atoms with E-state index in [4.69, 9.17) is 5.11 Å². The molecule has 1 rings (SSSR count). The molecule has 0 aliphatic carbocycles. The second kappa shape index (κ2) is 5.42. The number of carboxylic acid groups (broad SMARTS) is 1. The maximum Gasteiger partial charge on any atom is 0.318 e. The van der Waals surface area contributed by atoms with Crippen LogP contribution in [0.2, 0.25) is 0 Å². The Labute approximate surface area is 104 Å². The number of likely N-dealkylation sites (N-methyl/N-ethyl adjacent to an activating group) is 1. The van der Waals surface area contributed by atoms with Crippen LogP contribution in [0.1, 0.15) is 16.7 Å². The van der Waals surface area contributed by atoms with Crippen molar-refractivity contribution in [1.29, 1.82) is 0 Å². The third-order valence-corrected chi connectivity index (χ3v) is 4.11. The van der Waals surface area contributed by atoms with E-state index in [-0.39, 0.29) is 6.54 Å². The van der Waals surface area contributed by atoms with Gasteiger partial charge >= 0.3 is 5.97 Å². The zero-order valence-electron chi connectivity index (χ0n) is 10.5. The highest BCUT2D eigenvalue weighted by Crippen LogP contribution is 2.21. The van der Waals surface area contributed by atoms with Gasteiger partial charge < -0.3 is 5.11 Å². The fourth-order valence-electron chi connectivity index (χ4n) is 1.85. The fourth-order valence-corrected chi connectivity index (χ4v) is 3.06. The topological polar surface area (TPSA) is 57.6 Å². The van der Waals surface area contributed by atoms with Gasteiger partial charge in [0, 0.05) is 7.05 Å². The van der Waals surface area contributed by atoms with Crippen molar-refractivity contribution in [3.8, 4) is 0 Å². The first-order chi connectivity index (χ1) is 7.82. The van der Waals surface area contributed by atoms with Gasteiger partial charge in [-0.2, -0.15) is 0 Å². The molecule has 0 aliphatic rings. The lowest BCUT2D eigenvalue weighted by atomic mass is 10.1. The standard InChI is InChI=1S/C12H17NO3S/c1-8-5-9(2)12(10(3)6-8)17(16)13(4)7-11(14)15/h5-6H,7H2,1-4H3,(H,14,15). The Kier molecular flexibility index (Phi) is 4.42. The zero-order valence-corrected chi connectivity index (χ0v) is 11.3. The van der Waals surface area contributed by atoms with Crippen LogP contribution < -0.4 is 0 Å². The van der Waals surface area contributed by atoms with E-state index in [1.807, 2.05) is 32.9 Å². The number of benzene rings is 1. The average molecular weight is 255 g/mol. The molecule has 1 aromatic carbocycles.